The van der Waals surface area contributed by atoms with E-state index in [9.17, 15) is 0 Å². The Balaban J connectivity index is 3.50. The van der Waals surface area contributed by atoms with Crippen LogP contribution in [-0.4, -0.2) is 33.4 Å². The molecule has 0 heterocycles. The van der Waals surface area contributed by atoms with Gasteiger partial charge in [0.25, 0.3) is 0 Å². The molecule has 0 fully saturated rings. The van der Waals surface area contributed by atoms with Crippen molar-refractivity contribution in [3.05, 3.63) is 0 Å². The standard InChI is InChI=1S/C6H17N3/c1-5(7-2)6(8-3)9-4/h5-9H,1-4H3. The molecular formula is C6H17N3. The van der Waals surface area contributed by atoms with Gasteiger partial charge in [0.05, 0.1) is 6.17 Å². The van der Waals surface area contributed by atoms with E-state index in [1.165, 1.54) is 0 Å². The molecule has 0 spiro atoms. The van der Waals surface area contributed by atoms with Crippen LogP contribution in [0.5, 0.6) is 0 Å². The summed E-state index contributed by atoms with van der Waals surface area (Å²) >= 11 is 0. The van der Waals surface area contributed by atoms with Gasteiger partial charge in [-0.3, -0.25) is 0 Å². The maximum atomic E-state index is 3.14. The highest BCUT2D eigenvalue weighted by Gasteiger charge is 2.08. The summed E-state index contributed by atoms with van der Waals surface area (Å²) in [5.74, 6) is 0. The lowest BCUT2D eigenvalue weighted by Gasteiger charge is -2.21. The van der Waals surface area contributed by atoms with Gasteiger partial charge in [-0.15, -0.1) is 0 Å². The molecule has 0 aliphatic heterocycles. The second-order valence-electron chi connectivity index (χ2n) is 2.13. The summed E-state index contributed by atoms with van der Waals surface area (Å²) in [6.45, 7) is 2.12. The first-order chi connectivity index (χ1) is 4.26. The number of hydrogen-bond donors (Lipinski definition) is 3. The summed E-state index contributed by atoms with van der Waals surface area (Å²) in [6.07, 6.45) is 0.356. The lowest BCUT2D eigenvalue weighted by Crippen LogP contribution is -2.51. The van der Waals surface area contributed by atoms with Crippen molar-refractivity contribution in [3.63, 3.8) is 0 Å². The largest absolute Gasteiger partial charge is 0.314 e. The fourth-order valence-electron chi connectivity index (χ4n) is 0.811. The number of likely N-dealkylation sites (N-methyl/N-ethyl adjacent to an activating group) is 3. The topological polar surface area (TPSA) is 36.1 Å². The van der Waals surface area contributed by atoms with E-state index in [1.54, 1.807) is 0 Å². The molecule has 3 N–H and O–H groups in total. The first-order valence-electron chi connectivity index (χ1n) is 3.28. The first kappa shape index (κ1) is 8.88. The van der Waals surface area contributed by atoms with E-state index in [-0.39, 0.29) is 0 Å². The van der Waals surface area contributed by atoms with E-state index in [0.29, 0.717) is 12.2 Å². The Bertz CT molecular complexity index is 61.3. The fraction of sp³-hybridized carbons (Fsp3) is 1.00. The van der Waals surface area contributed by atoms with E-state index in [4.69, 9.17) is 0 Å². The summed E-state index contributed by atoms with van der Waals surface area (Å²) < 4.78 is 0. The lowest BCUT2D eigenvalue weighted by molar-refractivity contribution is 0.388. The molecule has 1 atom stereocenters. The summed E-state index contributed by atoms with van der Waals surface area (Å²) in [5.41, 5.74) is 0. The summed E-state index contributed by atoms with van der Waals surface area (Å²) in [7, 11) is 5.83. The minimum atomic E-state index is 0.356. The number of nitrogens with one attached hydrogen (secondary N) is 3. The van der Waals surface area contributed by atoms with Gasteiger partial charge in [0.2, 0.25) is 0 Å². The molecule has 0 saturated carbocycles. The van der Waals surface area contributed by atoms with Gasteiger partial charge < -0.3 is 16.0 Å². The van der Waals surface area contributed by atoms with Crippen LogP contribution < -0.4 is 16.0 Å². The Hall–Kier alpha value is -0.120. The molecule has 0 amide bonds. The van der Waals surface area contributed by atoms with Crippen molar-refractivity contribution in [3.8, 4) is 0 Å². The van der Waals surface area contributed by atoms with Crippen LogP contribution in [0.25, 0.3) is 0 Å². The smallest absolute Gasteiger partial charge is 0.0722 e. The number of rotatable bonds is 4. The molecule has 0 radical (unpaired) electrons. The third kappa shape index (κ3) is 2.79. The molecule has 3 nitrogen and oxygen atoms in total. The van der Waals surface area contributed by atoms with Crippen molar-refractivity contribution in [1.82, 2.24) is 16.0 Å². The van der Waals surface area contributed by atoms with Crippen LogP contribution in [0.2, 0.25) is 0 Å². The molecule has 1 unspecified atom stereocenters. The van der Waals surface area contributed by atoms with Crippen molar-refractivity contribution in [2.24, 2.45) is 0 Å². The lowest BCUT2D eigenvalue weighted by atomic mass is 10.3. The van der Waals surface area contributed by atoms with Crippen LogP contribution >= 0.6 is 0 Å². The third-order valence-electron chi connectivity index (χ3n) is 1.58. The zero-order chi connectivity index (χ0) is 7.28. The molecule has 56 valence electrons. The quantitative estimate of drug-likeness (QED) is 0.444. The predicted octanol–water partition coefficient (Wildman–Crippen LogP) is -0.641. The van der Waals surface area contributed by atoms with E-state index in [1.807, 2.05) is 21.1 Å². The molecule has 0 aliphatic carbocycles. The summed E-state index contributed by atoms with van der Waals surface area (Å²) in [5, 5.41) is 9.40. The highest BCUT2D eigenvalue weighted by atomic mass is 15.1. The van der Waals surface area contributed by atoms with Crippen molar-refractivity contribution >= 4 is 0 Å². The summed E-state index contributed by atoms with van der Waals surface area (Å²) in [6, 6.07) is 0.458. The van der Waals surface area contributed by atoms with Gasteiger partial charge >= 0.3 is 0 Å². The number of hydrogen-bond acceptors (Lipinski definition) is 3. The molecule has 0 aromatic heterocycles. The van der Waals surface area contributed by atoms with Crippen LogP contribution in [0, 0.1) is 0 Å². The van der Waals surface area contributed by atoms with Crippen LogP contribution in [0.1, 0.15) is 6.92 Å². The van der Waals surface area contributed by atoms with E-state index < -0.39 is 0 Å². The minimum Gasteiger partial charge on any atom is -0.314 e. The zero-order valence-electron chi connectivity index (χ0n) is 6.65. The van der Waals surface area contributed by atoms with Gasteiger partial charge in [0, 0.05) is 6.04 Å². The van der Waals surface area contributed by atoms with E-state index >= 15 is 0 Å². The zero-order valence-corrected chi connectivity index (χ0v) is 6.65. The van der Waals surface area contributed by atoms with Crippen molar-refractivity contribution in [2.45, 2.75) is 19.1 Å². The predicted molar refractivity (Wildman–Crippen MR) is 40.4 cm³/mol. The molecule has 3 heteroatoms. The second-order valence-corrected chi connectivity index (χ2v) is 2.13. The molecule has 0 aromatic rings. The van der Waals surface area contributed by atoms with Gasteiger partial charge in [0.15, 0.2) is 0 Å². The highest BCUT2D eigenvalue weighted by Crippen LogP contribution is 1.83. The summed E-state index contributed by atoms with van der Waals surface area (Å²) in [4.78, 5) is 0. The average Bonchev–Trinajstić information content (AvgIpc) is 1.90. The Morgan fingerprint density at radius 2 is 1.33 bits per heavy atom. The van der Waals surface area contributed by atoms with Crippen molar-refractivity contribution in [1.29, 1.82) is 0 Å². The average molecular weight is 131 g/mol. The van der Waals surface area contributed by atoms with Gasteiger partial charge in [-0.05, 0) is 28.1 Å². The van der Waals surface area contributed by atoms with Crippen molar-refractivity contribution < 1.29 is 0 Å². The third-order valence-corrected chi connectivity index (χ3v) is 1.58. The van der Waals surface area contributed by atoms with Gasteiger partial charge in [-0.1, -0.05) is 0 Å². The molecular weight excluding hydrogens is 114 g/mol. The van der Waals surface area contributed by atoms with Gasteiger partial charge in [0.1, 0.15) is 0 Å². The van der Waals surface area contributed by atoms with Gasteiger partial charge in [-0.2, -0.15) is 0 Å². The van der Waals surface area contributed by atoms with Crippen molar-refractivity contribution in [2.75, 3.05) is 21.1 Å². The fourth-order valence-corrected chi connectivity index (χ4v) is 0.811. The Morgan fingerprint density at radius 1 is 0.889 bits per heavy atom. The molecule has 0 aromatic carbocycles. The monoisotopic (exact) mass is 131 g/mol. The normalized spacial score (nSPS) is 14.3. The maximum absolute atomic E-state index is 3.14. The molecule has 0 rings (SSSR count). The second kappa shape index (κ2) is 4.73. The Morgan fingerprint density at radius 3 is 1.44 bits per heavy atom. The van der Waals surface area contributed by atoms with Crippen LogP contribution in [0.4, 0.5) is 0 Å². The van der Waals surface area contributed by atoms with E-state index in [2.05, 4.69) is 22.9 Å². The van der Waals surface area contributed by atoms with Crippen LogP contribution in [0.15, 0.2) is 0 Å². The maximum Gasteiger partial charge on any atom is 0.0722 e. The molecule has 0 bridgehead atoms. The SMILES string of the molecule is CNC(C)C(NC)NC. The first-order valence-corrected chi connectivity index (χ1v) is 3.28. The Labute approximate surface area is 57.2 Å². The van der Waals surface area contributed by atoms with Crippen LogP contribution in [-0.2, 0) is 0 Å². The van der Waals surface area contributed by atoms with E-state index in [0.717, 1.165) is 0 Å². The highest BCUT2D eigenvalue weighted by molar-refractivity contribution is 4.71. The minimum absolute atomic E-state index is 0.356. The van der Waals surface area contributed by atoms with Crippen LogP contribution in [0.3, 0.4) is 0 Å². The Kier molecular flexibility index (Phi) is 4.67. The molecule has 0 saturated heterocycles. The van der Waals surface area contributed by atoms with Gasteiger partial charge in [-0.25, -0.2) is 0 Å². The molecule has 0 aliphatic rings. The molecule has 9 heavy (non-hydrogen) atoms.